The molecule has 0 saturated carbocycles. The van der Waals surface area contributed by atoms with Crippen LogP contribution in [0.4, 0.5) is 9.18 Å². The summed E-state index contributed by atoms with van der Waals surface area (Å²) in [6, 6.07) is -0.572. The molecule has 1 aliphatic rings. The number of rotatable bonds is 1. The van der Waals surface area contributed by atoms with Crippen LogP contribution in [0.2, 0.25) is 0 Å². The fourth-order valence-corrected chi connectivity index (χ4v) is 0.947. The van der Waals surface area contributed by atoms with Gasteiger partial charge in [0.1, 0.15) is 6.17 Å². The molecule has 1 rings (SSSR count). The molecule has 0 aromatic carbocycles. The second-order valence-corrected chi connectivity index (χ2v) is 2.23. The molecule has 1 saturated heterocycles. The molecule has 1 amide bonds. The molecule has 1 aliphatic heterocycles. The summed E-state index contributed by atoms with van der Waals surface area (Å²) in [5.74, 6) is 0. The zero-order valence-electron chi connectivity index (χ0n) is 5.30. The lowest BCUT2D eigenvalue weighted by molar-refractivity contribution is 0.183. The van der Waals surface area contributed by atoms with Crippen LogP contribution in [-0.2, 0) is 0 Å². The Morgan fingerprint density at radius 3 is 2.80 bits per heavy atom. The molecule has 0 aromatic rings. The molecule has 0 aromatic heterocycles. The van der Waals surface area contributed by atoms with Crippen molar-refractivity contribution in [2.24, 2.45) is 0 Å². The minimum Gasteiger partial charge on any atom is -0.465 e. The van der Waals surface area contributed by atoms with Crippen molar-refractivity contribution in [3.8, 4) is 0 Å². The third kappa shape index (κ3) is 1.57. The van der Waals surface area contributed by atoms with Crippen LogP contribution in [-0.4, -0.2) is 36.5 Å². The monoisotopic (exact) mass is 148 g/mol. The van der Waals surface area contributed by atoms with Crippen LogP contribution < -0.4 is 10.6 Å². The highest BCUT2D eigenvalue weighted by atomic mass is 19.1. The summed E-state index contributed by atoms with van der Waals surface area (Å²) in [5, 5.41) is 13.0. The van der Waals surface area contributed by atoms with E-state index in [9.17, 15) is 9.18 Å². The number of hydrogen-bond acceptors (Lipinski definition) is 2. The zero-order valence-corrected chi connectivity index (χ0v) is 5.30. The van der Waals surface area contributed by atoms with Crippen LogP contribution in [0.15, 0.2) is 0 Å². The van der Waals surface area contributed by atoms with Crippen LogP contribution >= 0.6 is 0 Å². The van der Waals surface area contributed by atoms with E-state index in [1.165, 1.54) is 0 Å². The van der Waals surface area contributed by atoms with Crippen molar-refractivity contribution in [3.63, 3.8) is 0 Å². The van der Waals surface area contributed by atoms with E-state index < -0.39 is 18.3 Å². The van der Waals surface area contributed by atoms with Gasteiger partial charge in [0, 0.05) is 13.1 Å². The van der Waals surface area contributed by atoms with Gasteiger partial charge in [-0.2, -0.15) is 0 Å². The third-order valence-corrected chi connectivity index (χ3v) is 1.45. The number of hydrogen-bond donors (Lipinski definition) is 3. The van der Waals surface area contributed by atoms with Gasteiger partial charge in [-0.25, -0.2) is 9.18 Å². The standard InChI is InChI=1S/C5H9FN2O2/c6-3-1-7-2-4(3)8-5(9)10/h3-4,7-8H,1-2H2,(H,9,10)/t3-,4+/m1/s1. The largest absolute Gasteiger partial charge is 0.465 e. The number of nitrogens with one attached hydrogen (secondary N) is 2. The Morgan fingerprint density at radius 1 is 1.70 bits per heavy atom. The molecule has 4 nitrogen and oxygen atoms in total. The van der Waals surface area contributed by atoms with Gasteiger partial charge >= 0.3 is 6.09 Å². The maximum Gasteiger partial charge on any atom is 0.405 e. The van der Waals surface area contributed by atoms with E-state index in [0.29, 0.717) is 6.54 Å². The molecule has 0 aliphatic carbocycles. The van der Waals surface area contributed by atoms with Crippen LogP contribution in [0.3, 0.4) is 0 Å². The van der Waals surface area contributed by atoms with Gasteiger partial charge in [0.05, 0.1) is 6.04 Å². The summed E-state index contributed by atoms with van der Waals surface area (Å²) in [6.45, 7) is 0.623. The second kappa shape index (κ2) is 2.83. The van der Waals surface area contributed by atoms with Crippen molar-refractivity contribution in [1.29, 1.82) is 0 Å². The highest BCUT2D eigenvalue weighted by Crippen LogP contribution is 2.03. The van der Waals surface area contributed by atoms with Crippen molar-refractivity contribution in [2.45, 2.75) is 12.2 Å². The Kier molecular flexibility index (Phi) is 2.06. The quantitative estimate of drug-likeness (QED) is 0.472. The van der Waals surface area contributed by atoms with Gasteiger partial charge in [-0.1, -0.05) is 0 Å². The smallest absolute Gasteiger partial charge is 0.405 e. The average molecular weight is 148 g/mol. The summed E-state index contributed by atoms with van der Waals surface area (Å²) in [6.07, 6.45) is -2.26. The van der Waals surface area contributed by atoms with E-state index in [4.69, 9.17) is 5.11 Å². The highest BCUT2D eigenvalue weighted by Gasteiger charge is 2.27. The van der Waals surface area contributed by atoms with Crippen LogP contribution in [0.25, 0.3) is 0 Å². The molecule has 0 radical (unpaired) electrons. The van der Waals surface area contributed by atoms with E-state index >= 15 is 0 Å². The topological polar surface area (TPSA) is 61.4 Å². The summed E-state index contributed by atoms with van der Waals surface area (Å²) >= 11 is 0. The normalized spacial score (nSPS) is 32.1. The van der Waals surface area contributed by atoms with Crippen LogP contribution in [0.1, 0.15) is 0 Å². The number of alkyl halides is 1. The molecular formula is C5H9FN2O2. The maximum absolute atomic E-state index is 12.6. The summed E-state index contributed by atoms with van der Waals surface area (Å²) in [5.41, 5.74) is 0. The predicted molar refractivity (Wildman–Crippen MR) is 32.7 cm³/mol. The lowest BCUT2D eigenvalue weighted by Crippen LogP contribution is -2.40. The fraction of sp³-hybridized carbons (Fsp3) is 0.800. The first-order chi connectivity index (χ1) is 4.70. The molecule has 0 unspecified atom stereocenters. The van der Waals surface area contributed by atoms with E-state index in [0.717, 1.165) is 0 Å². The second-order valence-electron chi connectivity index (χ2n) is 2.23. The Bertz CT molecular complexity index is 142. The lowest BCUT2D eigenvalue weighted by atomic mass is 10.2. The molecule has 0 spiro atoms. The van der Waals surface area contributed by atoms with Crippen LogP contribution in [0.5, 0.6) is 0 Å². The fourth-order valence-electron chi connectivity index (χ4n) is 0.947. The number of halogens is 1. The molecule has 2 atom stereocenters. The first-order valence-corrected chi connectivity index (χ1v) is 3.04. The van der Waals surface area contributed by atoms with Gasteiger partial charge in [0.15, 0.2) is 0 Å². The minimum absolute atomic E-state index is 0.241. The molecular weight excluding hydrogens is 139 g/mol. The summed E-state index contributed by atoms with van der Waals surface area (Å²) < 4.78 is 12.6. The predicted octanol–water partition coefficient (Wildman–Crippen LogP) is -0.436. The van der Waals surface area contributed by atoms with Gasteiger partial charge in [-0.3, -0.25) is 0 Å². The van der Waals surface area contributed by atoms with E-state index in [1.807, 2.05) is 0 Å². The van der Waals surface area contributed by atoms with Crippen LogP contribution in [0, 0.1) is 0 Å². The van der Waals surface area contributed by atoms with Gasteiger partial charge in [0.2, 0.25) is 0 Å². The Hall–Kier alpha value is -0.840. The first-order valence-electron chi connectivity index (χ1n) is 3.04. The zero-order chi connectivity index (χ0) is 7.56. The Morgan fingerprint density at radius 2 is 2.40 bits per heavy atom. The van der Waals surface area contributed by atoms with Crippen molar-refractivity contribution in [3.05, 3.63) is 0 Å². The van der Waals surface area contributed by atoms with Gasteiger partial charge in [-0.15, -0.1) is 0 Å². The molecule has 0 bridgehead atoms. The lowest BCUT2D eigenvalue weighted by Gasteiger charge is -2.09. The van der Waals surface area contributed by atoms with E-state index in [1.54, 1.807) is 0 Å². The van der Waals surface area contributed by atoms with Gasteiger partial charge in [-0.05, 0) is 0 Å². The molecule has 10 heavy (non-hydrogen) atoms. The third-order valence-electron chi connectivity index (χ3n) is 1.45. The molecule has 1 heterocycles. The number of amides is 1. The average Bonchev–Trinajstić information content (AvgIpc) is 2.15. The Labute approximate surface area is 57.4 Å². The van der Waals surface area contributed by atoms with E-state index in [2.05, 4.69) is 10.6 Å². The highest BCUT2D eigenvalue weighted by molar-refractivity contribution is 5.65. The summed E-state index contributed by atoms with van der Waals surface area (Å²) in [7, 11) is 0. The number of carbonyl (C=O) groups is 1. The number of carboxylic acid groups (broad SMARTS) is 1. The molecule has 1 fully saturated rings. The van der Waals surface area contributed by atoms with Crippen molar-refractivity contribution in [2.75, 3.05) is 13.1 Å². The summed E-state index contributed by atoms with van der Waals surface area (Å²) in [4.78, 5) is 10.00. The van der Waals surface area contributed by atoms with Crippen molar-refractivity contribution in [1.82, 2.24) is 10.6 Å². The SMILES string of the molecule is O=C(O)N[C@H]1CNC[C@H]1F. The molecule has 3 N–H and O–H groups in total. The van der Waals surface area contributed by atoms with Gasteiger partial charge in [0.25, 0.3) is 0 Å². The van der Waals surface area contributed by atoms with E-state index in [-0.39, 0.29) is 6.54 Å². The first kappa shape index (κ1) is 7.27. The maximum atomic E-state index is 12.6. The Balaban J connectivity index is 2.33. The molecule has 58 valence electrons. The minimum atomic E-state index is -1.17. The molecule has 5 heteroatoms. The van der Waals surface area contributed by atoms with Gasteiger partial charge < -0.3 is 15.7 Å². The van der Waals surface area contributed by atoms with Crippen molar-refractivity contribution >= 4 is 6.09 Å². The van der Waals surface area contributed by atoms with Crippen molar-refractivity contribution < 1.29 is 14.3 Å².